The third-order valence-electron chi connectivity index (χ3n) is 9.25. The van der Waals surface area contributed by atoms with Crippen LogP contribution in [0.5, 0.6) is 5.75 Å². The van der Waals surface area contributed by atoms with E-state index in [0.717, 1.165) is 50.9 Å². The molecule has 0 aliphatic heterocycles. The van der Waals surface area contributed by atoms with Gasteiger partial charge in [0.25, 0.3) is 0 Å². The van der Waals surface area contributed by atoms with Crippen LogP contribution in [-0.4, -0.2) is 6.61 Å². The molecule has 0 heterocycles. The Morgan fingerprint density at radius 1 is 0.512 bits per heavy atom. The molecule has 1 heteroatoms. The summed E-state index contributed by atoms with van der Waals surface area (Å²) >= 11 is 0. The van der Waals surface area contributed by atoms with Gasteiger partial charge in [0.1, 0.15) is 5.75 Å². The van der Waals surface area contributed by atoms with E-state index in [4.69, 9.17) is 4.74 Å². The molecule has 0 saturated carbocycles. The first-order valence-corrected chi connectivity index (χ1v) is 16.0. The van der Waals surface area contributed by atoms with Gasteiger partial charge in [-0.1, -0.05) is 106 Å². The monoisotopic (exact) mass is 552 g/mol. The van der Waals surface area contributed by atoms with Crippen LogP contribution in [-0.2, 0) is 48.3 Å². The van der Waals surface area contributed by atoms with Crippen molar-refractivity contribution in [1.29, 1.82) is 0 Å². The van der Waals surface area contributed by atoms with Crippen molar-refractivity contribution in [1.82, 2.24) is 0 Å². The summed E-state index contributed by atoms with van der Waals surface area (Å²) in [5, 5.41) is 0. The number of fused-ring (bicyclic) bond motifs is 6. The maximum absolute atomic E-state index is 6.61. The minimum atomic E-state index is 0.0860. The summed E-state index contributed by atoms with van der Waals surface area (Å²) in [4.78, 5) is 0. The highest BCUT2D eigenvalue weighted by Crippen LogP contribution is 2.37. The maximum atomic E-state index is 6.61. The Labute approximate surface area is 252 Å². The molecule has 1 aliphatic rings. The molecule has 0 fully saturated rings. The molecule has 0 radical (unpaired) electrons. The lowest BCUT2D eigenvalue weighted by Crippen LogP contribution is -2.17. The number of rotatable bonds is 3. The molecule has 0 spiro atoms. The van der Waals surface area contributed by atoms with E-state index in [-0.39, 0.29) is 16.2 Å². The zero-order valence-electron chi connectivity index (χ0n) is 28.3. The van der Waals surface area contributed by atoms with Gasteiger partial charge in [-0.25, -0.2) is 0 Å². The third-order valence-corrected chi connectivity index (χ3v) is 9.25. The number of hydrogen-bond acceptors (Lipinski definition) is 1. The van der Waals surface area contributed by atoms with E-state index in [1.807, 2.05) is 0 Å². The molecule has 1 nitrogen and oxygen atoms in total. The number of ether oxygens (including phenoxy) is 1. The number of hydrogen-bond donors (Lipinski definition) is 0. The van der Waals surface area contributed by atoms with Gasteiger partial charge in [0, 0.05) is 0 Å². The van der Waals surface area contributed by atoms with Crippen molar-refractivity contribution in [2.75, 3.05) is 6.61 Å². The molecule has 0 aromatic heterocycles. The summed E-state index contributed by atoms with van der Waals surface area (Å²) in [6.45, 7) is 28.8. The summed E-state index contributed by atoms with van der Waals surface area (Å²) in [5.41, 5.74) is 16.2. The Balaban J connectivity index is 2.02. The summed E-state index contributed by atoms with van der Waals surface area (Å²) in [5.74, 6) is 1.15. The molecule has 3 aromatic carbocycles. The highest BCUT2D eigenvalue weighted by atomic mass is 16.5. The molecule has 1 aliphatic carbocycles. The highest BCUT2D eigenvalue weighted by Gasteiger charge is 2.24. The number of benzene rings is 3. The largest absolute Gasteiger partial charge is 0.493 e. The normalized spacial score (nSPS) is 14.5. The van der Waals surface area contributed by atoms with Gasteiger partial charge in [0.15, 0.2) is 0 Å². The van der Waals surface area contributed by atoms with Gasteiger partial charge in [-0.3, -0.25) is 0 Å². The minimum Gasteiger partial charge on any atom is -0.493 e. The predicted molar refractivity (Wildman–Crippen MR) is 178 cm³/mol. The van der Waals surface area contributed by atoms with Gasteiger partial charge in [-0.2, -0.15) is 0 Å². The first-order chi connectivity index (χ1) is 19.0. The van der Waals surface area contributed by atoms with Crippen molar-refractivity contribution in [3.63, 3.8) is 0 Å². The molecular weight excluding hydrogens is 496 g/mol. The molecule has 4 rings (SSSR count). The fraction of sp³-hybridized carbons (Fsp3) is 0.550. The molecule has 0 N–H and O–H groups in total. The van der Waals surface area contributed by atoms with E-state index < -0.39 is 0 Å². The molecule has 0 atom stereocenters. The fourth-order valence-corrected chi connectivity index (χ4v) is 6.12. The standard InChI is InChI=1S/C40H56O/c1-13-18-41-37-30-16-14-28-20-34(38(4,5)6)24-32(26(28)2)19-33-25-35(39(7,8)9)21-29(27(33)3)15-17-31(37)23-36(22-30)40(10,11)12/h20-25H,13-19H2,1-12H3. The molecule has 0 saturated heterocycles. The predicted octanol–water partition coefficient (Wildman–Crippen LogP) is 10.5. The van der Waals surface area contributed by atoms with Crippen LogP contribution in [0.2, 0.25) is 0 Å². The summed E-state index contributed by atoms with van der Waals surface area (Å²) < 4.78 is 6.61. The second-order valence-corrected chi connectivity index (χ2v) is 15.7. The van der Waals surface area contributed by atoms with Gasteiger partial charge in [0.2, 0.25) is 0 Å². The van der Waals surface area contributed by atoms with Gasteiger partial charge in [-0.05, 0) is 130 Å². The fourth-order valence-electron chi connectivity index (χ4n) is 6.12. The Kier molecular flexibility index (Phi) is 8.90. The second-order valence-electron chi connectivity index (χ2n) is 15.7. The Morgan fingerprint density at radius 3 is 1.17 bits per heavy atom. The van der Waals surface area contributed by atoms with Crippen molar-refractivity contribution >= 4 is 0 Å². The van der Waals surface area contributed by atoms with Crippen LogP contribution < -0.4 is 4.74 Å². The van der Waals surface area contributed by atoms with Gasteiger partial charge >= 0.3 is 0 Å². The molecule has 0 amide bonds. The summed E-state index contributed by atoms with van der Waals surface area (Å²) in [7, 11) is 0. The van der Waals surface area contributed by atoms with Crippen LogP contribution >= 0.6 is 0 Å². The first-order valence-electron chi connectivity index (χ1n) is 16.0. The molecule has 222 valence electrons. The second kappa shape index (κ2) is 11.6. The van der Waals surface area contributed by atoms with Crippen molar-refractivity contribution in [3.05, 3.63) is 97.6 Å². The SMILES string of the molecule is CCCOc1c2cc(C(C)(C)C)cc1CCc1cc(C(C)(C)C)cc(c1C)Cc1cc(C(C)(C)C)cc(c1C)CC2. The molecule has 6 bridgehead atoms. The Bertz CT molecular complexity index is 1300. The molecular formula is C40H56O. The smallest absolute Gasteiger partial charge is 0.125 e. The quantitative estimate of drug-likeness (QED) is 0.314. The average Bonchev–Trinajstić information content (AvgIpc) is 2.85. The van der Waals surface area contributed by atoms with Gasteiger partial charge < -0.3 is 4.74 Å². The minimum absolute atomic E-state index is 0.0860. The Morgan fingerprint density at radius 2 is 0.829 bits per heavy atom. The van der Waals surface area contributed by atoms with E-state index in [1.54, 1.807) is 0 Å². The van der Waals surface area contributed by atoms with E-state index >= 15 is 0 Å². The topological polar surface area (TPSA) is 9.23 Å². The zero-order chi connectivity index (χ0) is 30.3. The zero-order valence-corrected chi connectivity index (χ0v) is 28.3. The number of aryl methyl sites for hydroxylation is 4. The van der Waals surface area contributed by atoms with Gasteiger partial charge in [0.05, 0.1) is 6.61 Å². The van der Waals surface area contributed by atoms with Crippen molar-refractivity contribution < 1.29 is 4.74 Å². The lowest BCUT2D eigenvalue weighted by molar-refractivity contribution is 0.310. The lowest BCUT2D eigenvalue weighted by Gasteiger charge is -2.27. The van der Waals surface area contributed by atoms with E-state index in [0.29, 0.717) is 0 Å². The molecule has 41 heavy (non-hydrogen) atoms. The van der Waals surface area contributed by atoms with E-state index in [1.165, 1.54) is 61.2 Å². The highest BCUT2D eigenvalue weighted by molar-refractivity contribution is 5.51. The average molecular weight is 553 g/mol. The Hall–Kier alpha value is -2.54. The van der Waals surface area contributed by atoms with Crippen molar-refractivity contribution in [2.24, 2.45) is 0 Å². The third kappa shape index (κ3) is 7.10. The van der Waals surface area contributed by atoms with Crippen LogP contribution in [0, 0.1) is 13.8 Å². The molecule has 0 unspecified atom stereocenters. The van der Waals surface area contributed by atoms with Crippen molar-refractivity contribution in [2.45, 2.75) is 138 Å². The van der Waals surface area contributed by atoms with Crippen LogP contribution in [0.4, 0.5) is 0 Å². The van der Waals surface area contributed by atoms with Crippen LogP contribution in [0.1, 0.15) is 137 Å². The van der Waals surface area contributed by atoms with Gasteiger partial charge in [-0.15, -0.1) is 0 Å². The van der Waals surface area contributed by atoms with E-state index in [9.17, 15) is 0 Å². The first kappa shape index (κ1) is 31.4. The van der Waals surface area contributed by atoms with Crippen LogP contribution in [0.15, 0.2) is 36.4 Å². The summed E-state index contributed by atoms with van der Waals surface area (Å²) in [6, 6.07) is 14.9. The van der Waals surface area contributed by atoms with E-state index in [2.05, 4.69) is 119 Å². The molecule has 3 aromatic rings. The maximum Gasteiger partial charge on any atom is 0.125 e. The van der Waals surface area contributed by atoms with Crippen LogP contribution in [0.25, 0.3) is 0 Å². The van der Waals surface area contributed by atoms with Crippen LogP contribution in [0.3, 0.4) is 0 Å². The lowest BCUT2D eigenvalue weighted by atomic mass is 9.78. The summed E-state index contributed by atoms with van der Waals surface area (Å²) in [6.07, 6.45) is 6.09. The van der Waals surface area contributed by atoms with Crippen molar-refractivity contribution in [3.8, 4) is 5.75 Å².